The summed E-state index contributed by atoms with van der Waals surface area (Å²) in [5.74, 6) is -1.00. The van der Waals surface area contributed by atoms with E-state index >= 15 is 0 Å². The molecule has 2 N–H and O–H groups in total. The van der Waals surface area contributed by atoms with Gasteiger partial charge < -0.3 is 36.1 Å². The predicted molar refractivity (Wildman–Crippen MR) is 253 cm³/mol. The molecule has 0 saturated heterocycles. The average molecular weight is 961 g/mol. The molecule has 11 nitrogen and oxygen atoms in total. The van der Waals surface area contributed by atoms with Crippen LogP contribution in [-0.4, -0.2) is 49.6 Å². The first-order valence-corrected chi connectivity index (χ1v) is 21.7. The second kappa shape index (κ2) is 24.5. The van der Waals surface area contributed by atoms with Crippen molar-refractivity contribution in [2.24, 2.45) is 0 Å². The summed E-state index contributed by atoms with van der Waals surface area (Å²) in [4.78, 5) is 40.2. The summed E-state index contributed by atoms with van der Waals surface area (Å²) in [6.45, 7) is 3.05. The molecule has 0 saturated carbocycles. The van der Waals surface area contributed by atoms with Crippen LogP contribution in [0.15, 0.2) is 162 Å². The fourth-order valence-corrected chi connectivity index (χ4v) is 8.36. The third-order valence-electron chi connectivity index (χ3n) is 10.0. The van der Waals surface area contributed by atoms with Crippen LogP contribution in [0.25, 0.3) is 33.1 Å². The summed E-state index contributed by atoms with van der Waals surface area (Å²) in [5, 5.41) is 36.7. The molecule has 3 aromatic heterocycles. The van der Waals surface area contributed by atoms with E-state index in [2.05, 4.69) is 61.8 Å². The Bertz CT molecular complexity index is 2480. The number of aromatic carboxylic acids is 2. The molecular weight excluding hydrogens is 916 g/mol. The Morgan fingerprint density at radius 2 is 1.62 bits per heavy atom. The third-order valence-corrected chi connectivity index (χ3v) is 11.2. The number of benzene rings is 2. The Morgan fingerprint density at radius 3 is 2.27 bits per heavy atom. The molecule has 0 amide bonds. The average Bonchev–Trinajstić information content (AvgIpc) is 4.03. The van der Waals surface area contributed by atoms with Crippen LogP contribution in [0.5, 0.6) is 0 Å². The van der Waals surface area contributed by atoms with Gasteiger partial charge >= 0.3 is 31.4 Å². The molecule has 14 heteroatoms. The minimum Gasteiger partial charge on any atom is -0.753 e. The molecule has 1 unspecified atom stereocenters. The molecule has 2 aromatic carbocycles. The van der Waals surface area contributed by atoms with Gasteiger partial charge in [0.2, 0.25) is 0 Å². The number of hydrogen-bond acceptors (Lipinski definition) is 7. The van der Waals surface area contributed by atoms with Crippen LogP contribution in [0.3, 0.4) is 0 Å². The van der Waals surface area contributed by atoms with Crippen molar-refractivity contribution in [1.82, 2.24) is 15.0 Å². The van der Waals surface area contributed by atoms with Gasteiger partial charge in [-0.1, -0.05) is 123 Å². The minimum atomic E-state index is -1.13. The number of hydrogen-bond donors (Lipinski definition) is 2. The number of aromatic nitrogens is 3. The number of carboxylic acids is 2. The summed E-state index contributed by atoms with van der Waals surface area (Å²) >= 11 is 5.72. The van der Waals surface area contributed by atoms with E-state index in [1.165, 1.54) is 90.4 Å². The Labute approximate surface area is 390 Å². The number of pyridine rings is 2. The monoisotopic (exact) mass is 961 g/mol. The van der Waals surface area contributed by atoms with Gasteiger partial charge in [0.1, 0.15) is 0 Å². The van der Waals surface area contributed by atoms with E-state index in [-0.39, 0.29) is 42.0 Å². The second-order valence-corrected chi connectivity index (χ2v) is 15.5. The van der Waals surface area contributed by atoms with Crippen LogP contribution in [-0.2, 0) is 19.5 Å². The molecule has 63 heavy (non-hydrogen) atoms. The quantitative estimate of drug-likeness (QED) is 0.0473. The van der Waals surface area contributed by atoms with Crippen molar-refractivity contribution in [3.63, 3.8) is 0 Å². The molecule has 321 valence electrons. The van der Waals surface area contributed by atoms with Gasteiger partial charge in [0, 0.05) is 39.6 Å². The van der Waals surface area contributed by atoms with Crippen LogP contribution >= 0.6 is 24.0 Å². The second-order valence-electron chi connectivity index (χ2n) is 14.2. The molecule has 8 rings (SSSR count). The van der Waals surface area contributed by atoms with Crippen LogP contribution in [0.2, 0.25) is 0 Å². The summed E-state index contributed by atoms with van der Waals surface area (Å²) in [7, 11) is 0. The maximum Gasteiger partial charge on any atom is 3.00 e. The molecule has 3 aliphatic rings. The number of unbranched alkanes of at least 4 members (excludes halogenated alkanes) is 3. The van der Waals surface area contributed by atoms with Gasteiger partial charge in [-0.3, -0.25) is 9.97 Å². The molecule has 3 aliphatic heterocycles. The van der Waals surface area contributed by atoms with E-state index in [1.807, 2.05) is 103 Å². The van der Waals surface area contributed by atoms with Crippen molar-refractivity contribution in [2.45, 2.75) is 51.5 Å². The first kappa shape index (κ1) is 47.9. The normalized spacial score (nSPS) is 14.9. The number of thioether (sulfide) groups is 1. The number of carbonyl (C=O) groups is 2. The topological polar surface area (TPSA) is 168 Å². The molecule has 6 heterocycles. The summed E-state index contributed by atoms with van der Waals surface area (Å²) in [6, 6.07) is 28.8. The zero-order chi connectivity index (χ0) is 43.7. The zero-order valence-corrected chi connectivity index (χ0v) is 37.9. The van der Waals surface area contributed by atoms with Crippen molar-refractivity contribution in [3.8, 4) is 11.4 Å². The van der Waals surface area contributed by atoms with Crippen molar-refractivity contribution in [2.75, 3.05) is 17.2 Å². The van der Waals surface area contributed by atoms with Gasteiger partial charge in [0.25, 0.3) is 0 Å². The fraction of sp³-hybridized carbons (Fsp3) is 0.204. The standard InChI is InChI=1S/C29H21N4O4.C19H24N2S.CNS.Ru/c34-28(35)19-11-13-30-24(15-19)26-16-20(29(36)37)17-27(32-26)25-18-23(12-14-31-25)33(21-7-3-1-4-8-21)22-9-5-2-6-10-22;1-2-3-4-5-7-15-10-13-22-19(15)16-9-12-21-18(14-16)17-8-6-11-20-17;2-1-3;/h1-18,25H,(H,34,35)(H,36,37);6,8-9,11,14H,2-5,7,10,12-13H2,1H3;;/q-1;-2;-1;+3. The van der Waals surface area contributed by atoms with Gasteiger partial charge in [0.15, 0.2) is 0 Å². The van der Waals surface area contributed by atoms with Gasteiger partial charge in [-0.15, -0.1) is 18.3 Å². The molecule has 0 bridgehead atoms. The molecule has 0 fully saturated rings. The van der Waals surface area contributed by atoms with E-state index in [1.54, 1.807) is 11.8 Å². The number of carboxylic acid groups (broad SMARTS) is 2. The molecule has 0 aliphatic carbocycles. The Morgan fingerprint density at radius 1 is 0.921 bits per heavy atom. The number of thiocarbonyl (C=S) groups is 1. The smallest absolute Gasteiger partial charge is 0.753 e. The number of anilines is 2. The van der Waals surface area contributed by atoms with E-state index in [9.17, 15) is 19.8 Å². The Kier molecular flexibility index (Phi) is 18.6. The van der Waals surface area contributed by atoms with Gasteiger partial charge in [-0.2, -0.15) is 28.9 Å². The molecule has 1 radical (unpaired) electrons. The number of para-hydroxylation sites is 2. The number of isothiocyanates is 1. The van der Waals surface area contributed by atoms with Crippen molar-refractivity contribution < 1.29 is 39.3 Å². The van der Waals surface area contributed by atoms with Gasteiger partial charge in [-0.25, -0.2) is 9.59 Å². The SMILES string of the molecule is CCCCCCC1=C(C2=CC[N-]C(c3ccc[n-]3)=C2)SCC1.O=C(O)c1ccnc(-c2cc(C(=O)O)cc(C3C=C(N(c4ccccc4)c4ccccc4)C=C[N-]3)n2)c1.[N-]=C=S.[Ru+3]. The van der Waals surface area contributed by atoms with E-state index in [4.69, 9.17) is 5.41 Å². The minimum absolute atomic E-state index is 0. The maximum absolute atomic E-state index is 11.9. The van der Waals surface area contributed by atoms with E-state index in [0.717, 1.165) is 35.0 Å². The van der Waals surface area contributed by atoms with Gasteiger partial charge in [-0.05, 0) is 73.4 Å². The van der Waals surface area contributed by atoms with Crippen molar-refractivity contribution in [1.29, 1.82) is 0 Å². The van der Waals surface area contributed by atoms with Crippen LogP contribution in [0, 0.1) is 0 Å². The summed E-state index contributed by atoms with van der Waals surface area (Å²) in [5.41, 5.74) is 8.77. The zero-order valence-electron chi connectivity index (χ0n) is 34.5. The number of nitrogens with zero attached hydrogens (tertiary/aromatic N) is 7. The first-order chi connectivity index (χ1) is 30.3. The number of rotatable bonds is 14. The van der Waals surface area contributed by atoms with Crippen LogP contribution in [0.4, 0.5) is 11.4 Å². The van der Waals surface area contributed by atoms with Crippen LogP contribution in [0.1, 0.15) is 83.6 Å². The van der Waals surface area contributed by atoms with E-state index < -0.39 is 18.0 Å². The van der Waals surface area contributed by atoms with E-state index in [0.29, 0.717) is 5.69 Å². The van der Waals surface area contributed by atoms with Crippen molar-refractivity contribution >= 4 is 58.2 Å². The first-order valence-electron chi connectivity index (χ1n) is 20.3. The summed E-state index contributed by atoms with van der Waals surface area (Å²) < 4.78 is 0. The molecule has 5 aromatic rings. The molecule has 1 atom stereocenters. The maximum atomic E-state index is 11.9. The third kappa shape index (κ3) is 13.2. The number of allylic oxidation sites excluding steroid dienone is 4. The molecular formula is C49H45N7O4RuS2-. The van der Waals surface area contributed by atoms with Crippen LogP contribution < -0.4 is 9.88 Å². The fourth-order valence-electron chi connectivity index (χ4n) is 7.09. The summed E-state index contributed by atoms with van der Waals surface area (Å²) in [6.07, 6.45) is 21.1. The Hall–Kier alpha value is -6.17. The van der Waals surface area contributed by atoms with Crippen molar-refractivity contribution in [3.05, 3.63) is 200 Å². The predicted octanol–water partition coefficient (Wildman–Crippen LogP) is 12.5. The van der Waals surface area contributed by atoms with Gasteiger partial charge in [0.05, 0.1) is 22.5 Å². The molecule has 0 spiro atoms. The Balaban J connectivity index is 0.000000245. The largest absolute Gasteiger partial charge is 3.00 e.